The van der Waals surface area contributed by atoms with Crippen LogP contribution < -0.4 is 9.47 Å². The van der Waals surface area contributed by atoms with Crippen LogP contribution >= 0.6 is 0 Å². The van der Waals surface area contributed by atoms with E-state index in [-0.39, 0.29) is 0 Å². The highest BCUT2D eigenvalue weighted by atomic mass is 16.6. The van der Waals surface area contributed by atoms with E-state index in [2.05, 4.69) is 0 Å². The Morgan fingerprint density at radius 1 is 0.750 bits per heavy atom. The van der Waals surface area contributed by atoms with Gasteiger partial charge in [0.25, 0.3) is 0 Å². The monoisotopic (exact) mass is 342 g/mol. The molecule has 0 aliphatic carbocycles. The number of carbonyl (C=O) groups is 1. The molecule has 1 rings (SSSR count). The van der Waals surface area contributed by atoms with E-state index < -0.39 is 0 Å². The Hall–Kier alpha value is -1.67. The molecule has 0 bridgehead atoms. The van der Waals surface area contributed by atoms with E-state index in [1.54, 1.807) is 32.4 Å². The molecule has 0 atom stereocenters. The topological polar surface area (TPSA) is 72.5 Å². The summed E-state index contributed by atoms with van der Waals surface area (Å²) in [7, 11) is 3.24. The van der Waals surface area contributed by atoms with Crippen LogP contribution in [0.15, 0.2) is 18.2 Å². The van der Waals surface area contributed by atoms with Crippen LogP contribution in [0.1, 0.15) is 10.4 Å². The van der Waals surface area contributed by atoms with Gasteiger partial charge in [-0.2, -0.15) is 0 Å². The number of carbonyl (C=O) groups excluding carboxylic acids is 1. The van der Waals surface area contributed by atoms with Crippen molar-refractivity contribution < 1.29 is 33.2 Å². The number of ether oxygens (including phenoxy) is 6. The van der Waals surface area contributed by atoms with Gasteiger partial charge < -0.3 is 28.4 Å². The molecular formula is C17H26O7. The van der Waals surface area contributed by atoms with Crippen LogP contribution in [0.5, 0.6) is 11.5 Å². The van der Waals surface area contributed by atoms with Crippen molar-refractivity contribution in [1.29, 1.82) is 0 Å². The molecule has 7 heteroatoms. The maximum Gasteiger partial charge on any atom is 0.162 e. The zero-order chi connectivity index (χ0) is 17.5. The quantitative estimate of drug-likeness (QED) is 0.354. The zero-order valence-corrected chi connectivity index (χ0v) is 14.3. The molecule has 1 aromatic carbocycles. The van der Waals surface area contributed by atoms with E-state index in [1.807, 2.05) is 0 Å². The largest absolute Gasteiger partial charge is 0.487 e. The first kappa shape index (κ1) is 20.4. The van der Waals surface area contributed by atoms with Crippen LogP contribution in [0.3, 0.4) is 0 Å². The molecule has 0 spiro atoms. The van der Waals surface area contributed by atoms with Crippen molar-refractivity contribution in [3.8, 4) is 11.5 Å². The molecule has 0 heterocycles. The van der Waals surface area contributed by atoms with Crippen molar-refractivity contribution >= 4 is 6.29 Å². The number of benzene rings is 1. The molecule has 1 aromatic rings. The van der Waals surface area contributed by atoms with E-state index in [9.17, 15) is 4.79 Å². The van der Waals surface area contributed by atoms with Crippen molar-refractivity contribution in [2.45, 2.75) is 0 Å². The summed E-state index contributed by atoms with van der Waals surface area (Å²) in [5.41, 5.74) is 0.522. The van der Waals surface area contributed by atoms with Gasteiger partial charge in [-0.3, -0.25) is 4.79 Å². The number of methoxy groups -OCH3 is 2. The molecule has 0 N–H and O–H groups in total. The molecular weight excluding hydrogens is 316 g/mol. The predicted octanol–water partition coefficient (Wildman–Crippen LogP) is 1.58. The van der Waals surface area contributed by atoms with Crippen LogP contribution in [0.25, 0.3) is 0 Å². The number of rotatable bonds is 15. The summed E-state index contributed by atoms with van der Waals surface area (Å²) in [4.78, 5) is 10.9. The lowest BCUT2D eigenvalue weighted by Gasteiger charge is -2.13. The molecule has 0 fully saturated rings. The van der Waals surface area contributed by atoms with Crippen molar-refractivity contribution in [3.05, 3.63) is 23.8 Å². The fourth-order valence-electron chi connectivity index (χ4n) is 1.74. The summed E-state index contributed by atoms with van der Waals surface area (Å²) >= 11 is 0. The first-order chi connectivity index (χ1) is 11.8. The highest BCUT2D eigenvalue weighted by molar-refractivity contribution is 5.76. The van der Waals surface area contributed by atoms with Gasteiger partial charge in [-0.15, -0.1) is 0 Å². The van der Waals surface area contributed by atoms with Gasteiger partial charge in [-0.1, -0.05) is 0 Å². The molecule has 0 amide bonds. The minimum atomic E-state index is 0.354. The molecule has 0 saturated carbocycles. The van der Waals surface area contributed by atoms with E-state index >= 15 is 0 Å². The van der Waals surface area contributed by atoms with Crippen LogP contribution in [0.2, 0.25) is 0 Å². The van der Waals surface area contributed by atoms with Gasteiger partial charge in [-0.05, 0) is 18.2 Å². The summed E-state index contributed by atoms with van der Waals surface area (Å²) in [6.45, 7) is 3.72. The van der Waals surface area contributed by atoms with Crippen LogP contribution in [-0.2, 0) is 18.9 Å². The van der Waals surface area contributed by atoms with Crippen LogP contribution in [0, 0.1) is 0 Å². The fraction of sp³-hybridized carbons (Fsp3) is 0.588. The van der Waals surface area contributed by atoms with E-state index in [4.69, 9.17) is 28.4 Å². The second kappa shape index (κ2) is 13.7. The highest BCUT2D eigenvalue weighted by Crippen LogP contribution is 2.28. The minimum Gasteiger partial charge on any atom is -0.487 e. The van der Waals surface area contributed by atoms with Crippen molar-refractivity contribution in [2.75, 3.05) is 67.1 Å². The Bertz CT molecular complexity index is 451. The third-order valence-corrected chi connectivity index (χ3v) is 2.94. The number of hydrogen-bond acceptors (Lipinski definition) is 7. The molecule has 0 aromatic heterocycles. The van der Waals surface area contributed by atoms with Gasteiger partial charge in [0, 0.05) is 19.8 Å². The minimum absolute atomic E-state index is 0.354. The SMILES string of the molecule is COCCOCCOc1ccc(C=O)cc1OCCOCCOC. The normalized spacial score (nSPS) is 10.6. The summed E-state index contributed by atoms with van der Waals surface area (Å²) in [6.07, 6.45) is 0.763. The maximum atomic E-state index is 10.9. The van der Waals surface area contributed by atoms with Crippen LogP contribution in [-0.4, -0.2) is 73.4 Å². The molecule has 7 nitrogen and oxygen atoms in total. The van der Waals surface area contributed by atoms with Gasteiger partial charge in [0.1, 0.15) is 19.5 Å². The summed E-state index contributed by atoms with van der Waals surface area (Å²) in [5.74, 6) is 1.07. The predicted molar refractivity (Wildman–Crippen MR) is 88.2 cm³/mol. The van der Waals surface area contributed by atoms with Gasteiger partial charge in [0.2, 0.25) is 0 Å². The highest BCUT2D eigenvalue weighted by Gasteiger charge is 2.07. The van der Waals surface area contributed by atoms with Gasteiger partial charge in [-0.25, -0.2) is 0 Å². The molecule has 0 radical (unpaired) electrons. The number of aldehydes is 1. The Kier molecular flexibility index (Phi) is 11.7. The maximum absolute atomic E-state index is 10.9. The lowest BCUT2D eigenvalue weighted by molar-refractivity contribution is 0.0498. The third-order valence-electron chi connectivity index (χ3n) is 2.94. The Labute approximate surface area is 142 Å². The van der Waals surface area contributed by atoms with E-state index in [0.717, 1.165) is 6.29 Å². The molecule has 0 unspecified atom stereocenters. The van der Waals surface area contributed by atoms with Crippen molar-refractivity contribution in [1.82, 2.24) is 0 Å². The molecule has 0 aliphatic heterocycles. The second-order valence-corrected chi connectivity index (χ2v) is 4.73. The van der Waals surface area contributed by atoms with Gasteiger partial charge in [0.05, 0.1) is 39.6 Å². The average molecular weight is 342 g/mol. The van der Waals surface area contributed by atoms with Gasteiger partial charge >= 0.3 is 0 Å². The fourth-order valence-corrected chi connectivity index (χ4v) is 1.74. The Morgan fingerprint density at radius 2 is 1.29 bits per heavy atom. The van der Waals surface area contributed by atoms with Crippen LogP contribution in [0.4, 0.5) is 0 Å². The zero-order valence-electron chi connectivity index (χ0n) is 14.3. The van der Waals surface area contributed by atoms with E-state index in [0.29, 0.717) is 69.9 Å². The van der Waals surface area contributed by atoms with Crippen molar-refractivity contribution in [3.63, 3.8) is 0 Å². The second-order valence-electron chi connectivity index (χ2n) is 4.73. The Balaban J connectivity index is 2.40. The van der Waals surface area contributed by atoms with Gasteiger partial charge in [0.15, 0.2) is 11.5 Å². The molecule has 0 aliphatic rings. The van der Waals surface area contributed by atoms with Crippen molar-refractivity contribution in [2.24, 2.45) is 0 Å². The first-order valence-corrected chi connectivity index (χ1v) is 7.80. The average Bonchev–Trinajstić information content (AvgIpc) is 2.61. The summed E-state index contributed by atoms with van der Waals surface area (Å²) in [5, 5.41) is 0. The smallest absolute Gasteiger partial charge is 0.162 e. The molecule has 136 valence electrons. The summed E-state index contributed by atoms with van der Waals surface area (Å²) in [6, 6.07) is 5.03. The number of hydrogen-bond donors (Lipinski definition) is 0. The standard InChI is InChI=1S/C17H26O7/c1-19-5-7-21-9-11-23-16-4-3-15(14-18)13-17(16)24-12-10-22-8-6-20-2/h3-4,13-14H,5-12H2,1-2H3. The third kappa shape index (κ3) is 8.83. The Morgan fingerprint density at radius 3 is 1.83 bits per heavy atom. The lowest BCUT2D eigenvalue weighted by Crippen LogP contribution is -2.12. The molecule has 24 heavy (non-hydrogen) atoms. The lowest BCUT2D eigenvalue weighted by atomic mass is 10.2. The van der Waals surface area contributed by atoms with E-state index in [1.165, 1.54) is 0 Å². The molecule has 0 saturated heterocycles. The summed E-state index contributed by atoms with van der Waals surface area (Å²) < 4.78 is 31.7. The first-order valence-electron chi connectivity index (χ1n) is 7.80.